The van der Waals surface area contributed by atoms with Crippen LogP contribution in [0.3, 0.4) is 0 Å². The van der Waals surface area contributed by atoms with E-state index in [1.54, 1.807) is 25.3 Å². The summed E-state index contributed by atoms with van der Waals surface area (Å²) in [6.45, 7) is 0.265. The molecule has 0 spiro atoms. The van der Waals surface area contributed by atoms with Crippen LogP contribution >= 0.6 is 0 Å². The lowest BCUT2D eigenvalue weighted by atomic mass is 10.2. The van der Waals surface area contributed by atoms with Gasteiger partial charge in [-0.2, -0.15) is 13.2 Å². The van der Waals surface area contributed by atoms with Gasteiger partial charge in [-0.15, -0.1) is 0 Å². The molecule has 30 heavy (non-hydrogen) atoms. The summed E-state index contributed by atoms with van der Waals surface area (Å²) in [5, 5.41) is 2.71. The molecule has 2 aromatic rings. The number of halogens is 3. The van der Waals surface area contributed by atoms with E-state index in [1.165, 1.54) is 6.07 Å². The smallest absolute Gasteiger partial charge is 0.380 e. The van der Waals surface area contributed by atoms with Crippen molar-refractivity contribution in [3.8, 4) is 0 Å². The maximum Gasteiger partial charge on any atom is 0.416 e. The summed E-state index contributed by atoms with van der Waals surface area (Å²) in [5.41, 5.74) is 0.415. The SMILES string of the molecule is COCc1cccc(NC(=O)CCCN(c2cccc(C(F)(F)F)c2)S(C)(=O)=O)c1. The minimum absolute atomic E-state index is 0.000509. The Morgan fingerprint density at radius 1 is 1.13 bits per heavy atom. The number of nitrogens with one attached hydrogen (secondary N) is 1. The van der Waals surface area contributed by atoms with Gasteiger partial charge in [-0.05, 0) is 42.3 Å². The minimum atomic E-state index is -4.59. The molecule has 2 rings (SSSR count). The Kier molecular flexibility index (Phi) is 7.85. The fourth-order valence-corrected chi connectivity index (χ4v) is 3.79. The van der Waals surface area contributed by atoms with E-state index in [2.05, 4.69) is 5.32 Å². The second-order valence-electron chi connectivity index (χ2n) is 6.67. The summed E-state index contributed by atoms with van der Waals surface area (Å²) in [5.74, 6) is -0.331. The molecule has 0 saturated carbocycles. The van der Waals surface area contributed by atoms with Crippen molar-refractivity contribution in [1.29, 1.82) is 0 Å². The fraction of sp³-hybridized carbons (Fsp3) is 0.350. The van der Waals surface area contributed by atoms with Gasteiger partial charge in [0, 0.05) is 25.8 Å². The van der Waals surface area contributed by atoms with Gasteiger partial charge in [0.1, 0.15) is 0 Å². The first-order valence-electron chi connectivity index (χ1n) is 9.03. The van der Waals surface area contributed by atoms with Gasteiger partial charge in [0.15, 0.2) is 0 Å². The van der Waals surface area contributed by atoms with Crippen LogP contribution in [-0.4, -0.2) is 34.2 Å². The van der Waals surface area contributed by atoms with Crippen LogP contribution in [0.15, 0.2) is 48.5 Å². The molecule has 0 bridgehead atoms. The Labute approximate surface area is 173 Å². The summed E-state index contributed by atoms with van der Waals surface area (Å²) in [4.78, 5) is 12.2. The van der Waals surface area contributed by atoms with Gasteiger partial charge in [0.05, 0.1) is 24.1 Å². The zero-order valence-corrected chi connectivity index (χ0v) is 17.4. The second kappa shape index (κ2) is 9.94. The molecule has 0 unspecified atom stereocenters. The van der Waals surface area contributed by atoms with Gasteiger partial charge in [0.25, 0.3) is 0 Å². The van der Waals surface area contributed by atoms with E-state index in [0.29, 0.717) is 12.3 Å². The molecule has 0 atom stereocenters. The molecular formula is C20H23F3N2O4S. The average Bonchev–Trinajstić information content (AvgIpc) is 2.64. The maximum atomic E-state index is 12.9. The normalized spacial score (nSPS) is 11.9. The van der Waals surface area contributed by atoms with Gasteiger partial charge in [-0.1, -0.05) is 18.2 Å². The predicted molar refractivity (Wildman–Crippen MR) is 109 cm³/mol. The van der Waals surface area contributed by atoms with Gasteiger partial charge < -0.3 is 10.1 Å². The molecule has 10 heteroatoms. The van der Waals surface area contributed by atoms with Crippen molar-refractivity contribution in [3.63, 3.8) is 0 Å². The van der Waals surface area contributed by atoms with Gasteiger partial charge in [-0.3, -0.25) is 9.10 Å². The first-order chi connectivity index (χ1) is 14.0. The number of carbonyl (C=O) groups is 1. The molecule has 0 fully saturated rings. The Morgan fingerprint density at radius 2 is 1.83 bits per heavy atom. The van der Waals surface area contributed by atoms with E-state index >= 15 is 0 Å². The van der Waals surface area contributed by atoms with Crippen molar-refractivity contribution < 1.29 is 31.1 Å². The number of hydrogen-bond acceptors (Lipinski definition) is 4. The Bertz CT molecular complexity index is 978. The topological polar surface area (TPSA) is 75.7 Å². The van der Waals surface area contributed by atoms with Crippen LogP contribution in [-0.2, 0) is 32.3 Å². The van der Waals surface area contributed by atoms with E-state index in [-0.39, 0.29) is 31.0 Å². The van der Waals surface area contributed by atoms with Gasteiger partial charge in [0.2, 0.25) is 15.9 Å². The Hall–Kier alpha value is -2.59. The van der Waals surface area contributed by atoms with Crippen molar-refractivity contribution in [1.82, 2.24) is 0 Å². The number of nitrogens with zero attached hydrogens (tertiary/aromatic N) is 1. The monoisotopic (exact) mass is 444 g/mol. The average molecular weight is 444 g/mol. The van der Waals surface area contributed by atoms with E-state index in [4.69, 9.17) is 4.74 Å². The third kappa shape index (κ3) is 7.03. The van der Waals surface area contributed by atoms with Gasteiger partial charge >= 0.3 is 6.18 Å². The number of benzene rings is 2. The van der Waals surface area contributed by atoms with Crippen LogP contribution < -0.4 is 9.62 Å². The summed E-state index contributed by atoms with van der Waals surface area (Å²) in [6.07, 6.45) is -3.54. The lowest BCUT2D eigenvalue weighted by molar-refractivity contribution is -0.137. The third-order valence-electron chi connectivity index (χ3n) is 4.15. The Balaban J connectivity index is 2.02. The van der Waals surface area contributed by atoms with Crippen molar-refractivity contribution in [2.75, 3.05) is 29.5 Å². The van der Waals surface area contributed by atoms with Crippen LogP contribution in [0.4, 0.5) is 24.5 Å². The van der Waals surface area contributed by atoms with E-state index in [9.17, 15) is 26.4 Å². The summed E-state index contributed by atoms with van der Waals surface area (Å²) in [6, 6.07) is 11.2. The van der Waals surface area contributed by atoms with Crippen LogP contribution in [0.5, 0.6) is 0 Å². The lowest BCUT2D eigenvalue weighted by Gasteiger charge is -2.23. The fourth-order valence-electron chi connectivity index (χ4n) is 2.84. The number of hydrogen-bond donors (Lipinski definition) is 1. The molecule has 1 amide bonds. The summed E-state index contributed by atoms with van der Waals surface area (Å²) >= 11 is 0. The zero-order valence-electron chi connectivity index (χ0n) is 16.6. The molecule has 0 aliphatic heterocycles. The molecule has 0 heterocycles. The number of amides is 1. The number of carbonyl (C=O) groups excluding carboxylic acids is 1. The minimum Gasteiger partial charge on any atom is -0.380 e. The number of alkyl halides is 3. The molecule has 6 nitrogen and oxygen atoms in total. The van der Waals surface area contributed by atoms with Crippen LogP contribution in [0.25, 0.3) is 0 Å². The second-order valence-corrected chi connectivity index (χ2v) is 8.58. The maximum absolute atomic E-state index is 12.9. The van der Waals surface area contributed by atoms with Crippen molar-refractivity contribution >= 4 is 27.3 Å². The first kappa shape index (κ1) is 23.7. The zero-order chi connectivity index (χ0) is 22.4. The standard InChI is InChI=1S/C20H23F3N2O4S/c1-29-14-15-6-3-8-17(12-15)24-19(26)10-5-11-25(30(2,27)28)18-9-4-7-16(13-18)20(21,22)23/h3-4,6-9,12-13H,5,10-11,14H2,1-2H3,(H,24,26). The van der Waals surface area contributed by atoms with Crippen molar-refractivity contribution in [3.05, 3.63) is 59.7 Å². The van der Waals surface area contributed by atoms with E-state index < -0.39 is 21.8 Å². The molecular weight excluding hydrogens is 421 g/mol. The highest BCUT2D eigenvalue weighted by Gasteiger charge is 2.31. The van der Waals surface area contributed by atoms with Gasteiger partial charge in [-0.25, -0.2) is 8.42 Å². The highest BCUT2D eigenvalue weighted by Crippen LogP contribution is 2.32. The molecule has 0 aliphatic carbocycles. The summed E-state index contributed by atoms with van der Waals surface area (Å²) in [7, 11) is -2.27. The highest BCUT2D eigenvalue weighted by atomic mass is 32.2. The molecule has 0 radical (unpaired) electrons. The number of sulfonamides is 1. The quantitative estimate of drug-likeness (QED) is 0.634. The predicted octanol–water partition coefficient (Wildman–Crippen LogP) is 4.04. The highest BCUT2D eigenvalue weighted by molar-refractivity contribution is 7.92. The first-order valence-corrected chi connectivity index (χ1v) is 10.9. The third-order valence-corrected chi connectivity index (χ3v) is 5.34. The number of ether oxygens (including phenoxy) is 1. The van der Waals surface area contributed by atoms with Crippen LogP contribution in [0.2, 0.25) is 0 Å². The van der Waals surface area contributed by atoms with Crippen molar-refractivity contribution in [2.45, 2.75) is 25.6 Å². The Morgan fingerprint density at radius 3 is 2.47 bits per heavy atom. The van der Waals surface area contributed by atoms with E-state index in [0.717, 1.165) is 34.3 Å². The molecule has 2 aromatic carbocycles. The summed E-state index contributed by atoms with van der Waals surface area (Å²) < 4.78 is 68.9. The van der Waals surface area contributed by atoms with Crippen molar-refractivity contribution in [2.24, 2.45) is 0 Å². The molecule has 1 N–H and O–H groups in total. The van der Waals surface area contributed by atoms with Crippen LogP contribution in [0.1, 0.15) is 24.0 Å². The van der Waals surface area contributed by atoms with E-state index in [1.807, 2.05) is 6.07 Å². The molecule has 0 aromatic heterocycles. The van der Waals surface area contributed by atoms with Crippen LogP contribution in [0, 0.1) is 0 Å². The largest absolute Gasteiger partial charge is 0.416 e. The number of anilines is 2. The molecule has 0 aliphatic rings. The lowest BCUT2D eigenvalue weighted by Crippen LogP contribution is -2.31. The number of methoxy groups -OCH3 is 1. The number of rotatable bonds is 9. The molecule has 0 saturated heterocycles. The molecule has 164 valence electrons.